The summed E-state index contributed by atoms with van der Waals surface area (Å²) in [5, 5.41) is 28.8. The molecular weight excluding hydrogens is 332 g/mol. The van der Waals surface area contributed by atoms with Crippen molar-refractivity contribution in [3.63, 3.8) is 0 Å². The van der Waals surface area contributed by atoms with E-state index in [1.54, 1.807) is 0 Å². The average molecular weight is 373 g/mol. The molecule has 0 aliphatic carbocycles. The van der Waals surface area contributed by atoms with Gasteiger partial charge in [-0.15, -0.1) is 6.58 Å². The van der Waals surface area contributed by atoms with Gasteiger partial charge in [-0.2, -0.15) is 0 Å². The molecule has 1 aliphatic rings. The number of hydrogen-bond donors (Lipinski definition) is 3. The summed E-state index contributed by atoms with van der Waals surface area (Å²) >= 11 is 0. The van der Waals surface area contributed by atoms with Gasteiger partial charge < -0.3 is 24.8 Å². The summed E-state index contributed by atoms with van der Waals surface area (Å²) in [6.07, 6.45) is 13.5. The smallest absolute Gasteiger partial charge is 0.111 e. The van der Waals surface area contributed by atoms with Crippen LogP contribution in [0.5, 0.6) is 0 Å². The van der Waals surface area contributed by atoms with Crippen LogP contribution in [0.2, 0.25) is 0 Å². The molecule has 0 aromatic rings. The minimum Gasteiger partial charge on any atom is -0.388 e. The van der Waals surface area contributed by atoms with Crippen molar-refractivity contribution in [2.75, 3.05) is 19.8 Å². The van der Waals surface area contributed by atoms with E-state index in [0.717, 1.165) is 19.3 Å². The molecule has 1 saturated heterocycles. The molecule has 0 aromatic carbocycles. The van der Waals surface area contributed by atoms with Crippen LogP contribution in [0.3, 0.4) is 0 Å². The number of aliphatic hydroxyl groups is 3. The van der Waals surface area contributed by atoms with Gasteiger partial charge in [-0.25, -0.2) is 0 Å². The molecule has 1 fully saturated rings. The van der Waals surface area contributed by atoms with Gasteiger partial charge in [-0.1, -0.05) is 63.9 Å². The first-order valence-corrected chi connectivity index (χ1v) is 10.5. The average Bonchev–Trinajstić information content (AvgIpc) is 2.64. The van der Waals surface area contributed by atoms with Crippen molar-refractivity contribution in [2.45, 2.75) is 101 Å². The van der Waals surface area contributed by atoms with E-state index in [1.807, 2.05) is 6.08 Å². The Morgan fingerprint density at radius 2 is 1.35 bits per heavy atom. The second-order valence-electron chi connectivity index (χ2n) is 7.46. The Balaban J connectivity index is 1.80. The summed E-state index contributed by atoms with van der Waals surface area (Å²) < 4.78 is 10.8. The van der Waals surface area contributed by atoms with Crippen molar-refractivity contribution >= 4 is 0 Å². The Morgan fingerprint density at radius 3 is 1.92 bits per heavy atom. The van der Waals surface area contributed by atoms with Crippen LogP contribution in [-0.4, -0.2) is 59.6 Å². The van der Waals surface area contributed by atoms with Gasteiger partial charge in [0.2, 0.25) is 0 Å². The fourth-order valence-electron chi connectivity index (χ4n) is 3.30. The molecule has 1 aliphatic heterocycles. The fourth-order valence-corrected chi connectivity index (χ4v) is 3.30. The Labute approximate surface area is 159 Å². The minimum absolute atomic E-state index is 0.0427. The Hall–Kier alpha value is -0.460. The number of ether oxygens (including phenoxy) is 2. The highest BCUT2D eigenvalue weighted by Gasteiger charge is 2.37. The number of unbranched alkanes of at least 4 members (excludes halogenated alkanes) is 11. The zero-order chi connectivity index (χ0) is 19.0. The summed E-state index contributed by atoms with van der Waals surface area (Å²) in [6.45, 7) is 4.70. The predicted octanol–water partition coefficient (Wildman–Crippen LogP) is 3.35. The maximum Gasteiger partial charge on any atom is 0.111 e. The van der Waals surface area contributed by atoms with Gasteiger partial charge in [0, 0.05) is 6.61 Å². The van der Waals surface area contributed by atoms with E-state index in [2.05, 4.69) is 6.58 Å². The zero-order valence-electron chi connectivity index (χ0n) is 16.4. The van der Waals surface area contributed by atoms with Gasteiger partial charge in [-0.05, 0) is 19.3 Å². The van der Waals surface area contributed by atoms with Crippen molar-refractivity contribution in [1.29, 1.82) is 0 Å². The third-order valence-electron chi connectivity index (χ3n) is 5.09. The minimum atomic E-state index is -1.15. The van der Waals surface area contributed by atoms with Crippen LogP contribution < -0.4 is 0 Å². The van der Waals surface area contributed by atoms with Gasteiger partial charge in [0.25, 0.3) is 0 Å². The predicted molar refractivity (Wildman–Crippen MR) is 104 cm³/mol. The third kappa shape index (κ3) is 10.6. The molecule has 0 spiro atoms. The largest absolute Gasteiger partial charge is 0.388 e. The quantitative estimate of drug-likeness (QED) is 0.286. The molecule has 1 heterocycles. The molecule has 5 nitrogen and oxygen atoms in total. The highest BCUT2D eigenvalue weighted by atomic mass is 16.6. The normalized spacial score (nSPS) is 26.1. The molecular formula is C21H40O5. The number of allylic oxidation sites excluding steroid dienone is 1. The molecule has 0 amide bonds. The van der Waals surface area contributed by atoms with Gasteiger partial charge in [0.15, 0.2) is 0 Å². The molecule has 26 heavy (non-hydrogen) atoms. The molecule has 1 rings (SSSR count). The van der Waals surface area contributed by atoms with Crippen molar-refractivity contribution in [1.82, 2.24) is 0 Å². The lowest BCUT2D eigenvalue weighted by Gasteiger charge is -2.35. The Bertz CT molecular complexity index is 336. The van der Waals surface area contributed by atoms with Gasteiger partial charge in [-0.3, -0.25) is 0 Å². The zero-order valence-corrected chi connectivity index (χ0v) is 16.4. The van der Waals surface area contributed by atoms with Gasteiger partial charge >= 0.3 is 0 Å². The highest BCUT2D eigenvalue weighted by Crippen LogP contribution is 2.16. The number of aliphatic hydroxyl groups excluding tert-OH is 3. The van der Waals surface area contributed by atoms with E-state index in [-0.39, 0.29) is 13.2 Å². The van der Waals surface area contributed by atoms with E-state index in [9.17, 15) is 15.3 Å². The highest BCUT2D eigenvalue weighted by molar-refractivity contribution is 4.86. The topological polar surface area (TPSA) is 79.2 Å². The van der Waals surface area contributed by atoms with Crippen molar-refractivity contribution < 1.29 is 24.8 Å². The van der Waals surface area contributed by atoms with Crippen LogP contribution in [0, 0.1) is 0 Å². The van der Waals surface area contributed by atoms with Crippen LogP contribution in [-0.2, 0) is 9.47 Å². The SMILES string of the molecule is C=CCCCCCCCCCCCCCOC[C@H]1OC[C@H](O)[C@@H](O)[C@@H]1O. The van der Waals surface area contributed by atoms with E-state index in [1.165, 1.54) is 57.8 Å². The summed E-state index contributed by atoms with van der Waals surface area (Å²) in [5.74, 6) is 0. The van der Waals surface area contributed by atoms with Crippen molar-refractivity contribution in [3.8, 4) is 0 Å². The standard InChI is InChI=1S/C21H40O5/c1-2-3-4-5-6-7-8-9-10-11-12-13-14-15-25-17-19-21(24)20(23)18(22)16-26-19/h2,18-24H,1,3-17H2/t18-,19+,20+,21+/m0/s1. The van der Waals surface area contributed by atoms with Crippen molar-refractivity contribution in [2.24, 2.45) is 0 Å². The van der Waals surface area contributed by atoms with E-state index in [0.29, 0.717) is 6.61 Å². The fraction of sp³-hybridized carbons (Fsp3) is 0.905. The van der Waals surface area contributed by atoms with E-state index >= 15 is 0 Å². The maximum atomic E-state index is 9.80. The summed E-state index contributed by atoms with van der Waals surface area (Å²) in [4.78, 5) is 0. The number of rotatable bonds is 16. The summed E-state index contributed by atoms with van der Waals surface area (Å²) in [7, 11) is 0. The van der Waals surface area contributed by atoms with Crippen LogP contribution in [0.1, 0.15) is 77.0 Å². The van der Waals surface area contributed by atoms with Gasteiger partial charge in [0.1, 0.15) is 24.4 Å². The summed E-state index contributed by atoms with van der Waals surface area (Å²) in [6, 6.07) is 0. The first-order valence-electron chi connectivity index (χ1n) is 10.5. The van der Waals surface area contributed by atoms with Crippen molar-refractivity contribution in [3.05, 3.63) is 12.7 Å². The first kappa shape index (κ1) is 23.6. The van der Waals surface area contributed by atoms with Gasteiger partial charge in [0.05, 0.1) is 13.2 Å². The monoisotopic (exact) mass is 372 g/mol. The lowest BCUT2D eigenvalue weighted by Crippen LogP contribution is -2.54. The van der Waals surface area contributed by atoms with E-state index in [4.69, 9.17) is 9.47 Å². The van der Waals surface area contributed by atoms with Crippen LogP contribution in [0.25, 0.3) is 0 Å². The molecule has 0 radical (unpaired) electrons. The van der Waals surface area contributed by atoms with Crippen LogP contribution >= 0.6 is 0 Å². The Kier molecular flexibility index (Phi) is 14.1. The molecule has 0 bridgehead atoms. The molecule has 4 atom stereocenters. The van der Waals surface area contributed by atoms with Crippen LogP contribution in [0.15, 0.2) is 12.7 Å². The Morgan fingerprint density at radius 1 is 0.808 bits per heavy atom. The molecule has 0 unspecified atom stereocenters. The van der Waals surface area contributed by atoms with E-state index < -0.39 is 24.4 Å². The maximum absolute atomic E-state index is 9.80. The number of hydrogen-bond acceptors (Lipinski definition) is 5. The molecule has 154 valence electrons. The lowest BCUT2D eigenvalue weighted by atomic mass is 10.0. The molecule has 5 heteroatoms. The molecule has 3 N–H and O–H groups in total. The summed E-state index contributed by atoms with van der Waals surface area (Å²) in [5.41, 5.74) is 0. The molecule has 0 saturated carbocycles. The third-order valence-corrected chi connectivity index (χ3v) is 5.09. The second kappa shape index (κ2) is 15.6. The second-order valence-corrected chi connectivity index (χ2v) is 7.46. The lowest BCUT2D eigenvalue weighted by molar-refractivity contribution is -0.199. The van der Waals surface area contributed by atoms with Crippen LogP contribution in [0.4, 0.5) is 0 Å². The first-order chi connectivity index (χ1) is 12.7. The molecule has 0 aromatic heterocycles.